The van der Waals surface area contributed by atoms with E-state index in [2.05, 4.69) is 41.3 Å². The van der Waals surface area contributed by atoms with E-state index in [1.807, 2.05) is 45.9 Å². The van der Waals surface area contributed by atoms with Crippen LogP contribution in [0.1, 0.15) is 126 Å². The van der Waals surface area contributed by atoms with E-state index in [1.165, 1.54) is 30.1 Å². The van der Waals surface area contributed by atoms with Crippen molar-refractivity contribution in [3.8, 4) is 5.75 Å². The second kappa shape index (κ2) is 26.9. The fourth-order valence-corrected chi connectivity index (χ4v) is 10.4. The lowest BCUT2D eigenvalue weighted by Crippen LogP contribution is -2.64. The molecule has 404 valence electrons. The Morgan fingerprint density at radius 2 is 1.74 bits per heavy atom. The van der Waals surface area contributed by atoms with Crippen LogP contribution in [0.5, 0.6) is 5.75 Å². The first-order valence-corrected chi connectivity index (χ1v) is 26.6. The second-order valence-corrected chi connectivity index (χ2v) is 21.6. The van der Waals surface area contributed by atoms with Crippen LogP contribution >= 0.6 is 0 Å². The summed E-state index contributed by atoms with van der Waals surface area (Å²) in [5.41, 5.74) is 4.51. The normalized spacial score (nSPS) is 33.6. The van der Waals surface area contributed by atoms with Gasteiger partial charge in [-0.05, 0) is 93.1 Å². The van der Waals surface area contributed by atoms with Gasteiger partial charge in [0.05, 0.1) is 30.3 Å². The van der Waals surface area contributed by atoms with Crippen LogP contribution in [0.4, 0.5) is 0 Å². The van der Waals surface area contributed by atoms with Gasteiger partial charge in [-0.15, -0.1) is 0 Å². The smallest absolute Gasteiger partial charge is 0.325 e. The van der Waals surface area contributed by atoms with Crippen LogP contribution in [0.25, 0.3) is 0 Å². The molecule has 73 heavy (non-hydrogen) atoms. The minimum atomic E-state index is -1.28. The predicted molar refractivity (Wildman–Crippen MR) is 280 cm³/mol. The molecule has 4 aliphatic rings. The van der Waals surface area contributed by atoms with Crippen molar-refractivity contribution in [2.75, 3.05) is 6.54 Å². The number of phenols is 1. The van der Waals surface area contributed by atoms with Crippen molar-refractivity contribution in [2.45, 2.75) is 181 Å². The number of fused-ring (bicyclic) bond motifs is 2. The number of esters is 1. The summed E-state index contributed by atoms with van der Waals surface area (Å²) in [4.78, 5) is 69.0. The average Bonchev–Trinajstić information content (AvgIpc) is 3.35. The highest BCUT2D eigenvalue weighted by molar-refractivity contribution is 5.93. The summed E-state index contributed by atoms with van der Waals surface area (Å²) in [5.74, 6) is -4.48. The Morgan fingerprint density at radius 1 is 1.00 bits per heavy atom. The highest BCUT2D eigenvalue weighted by Crippen LogP contribution is 2.43. The zero-order valence-corrected chi connectivity index (χ0v) is 44.8. The SMILES string of the molecule is CC[C@H]1C[C@H](C)[C@@]2(NC1=O)O[C@@H](C[C@H](O)[C@@H](C)CCC=CC=C(C)[C@@H]1CC=CC=C[C@H](O)[C@H](C)[C@@H](O)[C@@H](C)C(=O)N[C@@H](C(C)C)C(=O)N[C@@H](Cc3cccc(O)c3)C(=O)N3CCCC(N3)C(=O)O1)[C@H](C)C=C2C. The fraction of sp³-hybridized carbons (Fsp3) is 0.632. The zero-order valence-electron chi connectivity index (χ0n) is 44.8. The Labute approximate surface area is 433 Å². The van der Waals surface area contributed by atoms with Gasteiger partial charge in [-0.1, -0.05) is 116 Å². The van der Waals surface area contributed by atoms with Gasteiger partial charge in [0.2, 0.25) is 17.7 Å². The maximum atomic E-state index is 14.4. The third-order valence-electron chi connectivity index (χ3n) is 15.6. The van der Waals surface area contributed by atoms with Crippen molar-refractivity contribution in [3.05, 3.63) is 89.6 Å². The summed E-state index contributed by atoms with van der Waals surface area (Å²) < 4.78 is 12.9. The van der Waals surface area contributed by atoms with Crippen LogP contribution in [0.15, 0.2) is 84.0 Å². The molecule has 5 rings (SSSR count). The molecule has 4 aliphatic heterocycles. The van der Waals surface area contributed by atoms with Gasteiger partial charge in [0.15, 0.2) is 5.72 Å². The van der Waals surface area contributed by atoms with Gasteiger partial charge in [0, 0.05) is 49.5 Å². The van der Waals surface area contributed by atoms with Crippen molar-refractivity contribution >= 4 is 29.6 Å². The van der Waals surface area contributed by atoms with Crippen LogP contribution in [0.3, 0.4) is 0 Å². The number of cyclic esters (lactones) is 1. The quantitative estimate of drug-likeness (QED) is 0.0684. The Kier molecular flexibility index (Phi) is 21.6. The molecule has 4 amide bonds. The highest BCUT2D eigenvalue weighted by atomic mass is 16.5. The minimum Gasteiger partial charge on any atom is -0.508 e. The summed E-state index contributed by atoms with van der Waals surface area (Å²) in [6, 6.07) is 3.17. The molecule has 4 heterocycles. The molecule has 1 unspecified atom stereocenters. The minimum absolute atomic E-state index is 0.0117. The van der Waals surface area contributed by atoms with E-state index in [0.717, 1.165) is 24.0 Å². The van der Waals surface area contributed by atoms with E-state index in [0.29, 0.717) is 37.7 Å². The summed E-state index contributed by atoms with van der Waals surface area (Å²) in [6.07, 6.45) is 15.0. The number of aromatic hydroxyl groups is 1. The van der Waals surface area contributed by atoms with Crippen molar-refractivity contribution in [3.63, 3.8) is 0 Å². The molecule has 1 spiro atoms. The maximum Gasteiger partial charge on any atom is 0.325 e. The average molecular weight is 1020 g/mol. The molecule has 2 fully saturated rings. The number of benzene rings is 1. The number of ether oxygens (including phenoxy) is 2. The number of phenolic OH excluding ortho intramolecular Hbond substituents is 1. The van der Waals surface area contributed by atoms with Gasteiger partial charge >= 0.3 is 5.97 Å². The van der Waals surface area contributed by atoms with E-state index >= 15 is 0 Å². The highest BCUT2D eigenvalue weighted by Gasteiger charge is 2.51. The summed E-state index contributed by atoms with van der Waals surface area (Å²) in [6.45, 7) is 19.0. The Bertz CT molecular complexity index is 2220. The zero-order chi connectivity index (χ0) is 53.7. The van der Waals surface area contributed by atoms with Gasteiger partial charge in [-0.25, -0.2) is 5.43 Å². The molecule has 0 radical (unpaired) electrons. The van der Waals surface area contributed by atoms with Gasteiger partial charge in [0.1, 0.15) is 30.0 Å². The third kappa shape index (κ3) is 15.5. The van der Waals surface area contributed by atoms with Crippen LogP contribution in [-0.4, -0.2) is 116 Å². The number of allylic oxidation sites excluding steroid dienone is 5. The van der Waals surface area contributed by atoms with Crippen molar-refractivity contribution < 1.29 is 53.9 Å². The predicted octanol–water partition coefficient (Wildman–Crippen LogP) is 6.01. The van der Waals surface area contributed by atoms with Gasteiger partial charge < -0.3 is 45.9 Å². The number of hydrogen-bond acceptors (Lipinski definition) is 12. The van der Waals surface area contributed by atoms with E-state index in [-0.39, 0.29) is 60.8 Å². The van der Waals surface area contributed by atoms with Gasteiger partial charge in [0.25, 0.3) is 5.91 Å². The molecular weight excluding hydrogens is 931 g/mol. The van der Waals surface area contributed by atoms with E-state index < -0.39 is 89.7 Å². The Balaban J connectivity index is 1.31. The fourth-order valence-electron chi connectivity index (χ4n) is 10.4. The first-order chi connectivity index (χ1) is 34.6. The van der Waals surface area contributed by atoms with Crippen LogP contribution in [0.2, 0.25) is 0 Å². The molecule has 2 bridgehead atoms. The first-order valence-electron chi connectivity index (χ1n) is 26.6. The summed E-state index contributed by atoms with van der Waals surface area (Å²) in [5, 5.41) is 54.0. The first kappa shape index (κ1) is 58.8. The summed E-state index contributed by atoms with van der Waals surface area (Å²) >= 11 is 0. The third-order valence-corrected chi connectivity index (χ3v) is 15.6. The Morgan fingerprint density at radius 3 is 2.44 bits per heavy atom. The number of nitrogens with zero attached hydrogens (tertiary/aromatic N) is 1. The molecule has 16 nitrogen and oxygen atoms in total. The molecule has 16 heteroatoms. The number of aliphatic hydroxyl groups excluding tert-OH is 3. The molecule has 0 aromatic heterocycles. The number of piperidine rings is 1. The van der Waals surface area contributed by atoms with E-state index in [9.17, 15) is 44.4 Å². The van der Waals surface area contributed by atoms with Crippen molar-refractivity contribution in [1.82, 2.24) is 26.4 Å². The second-order valence-electron chi connectivity index (χ2n) is 21.6. The molecule has 1 aromatic carbocycles. The number of carbonyl (C=O) groups excluding carboxylic acids is 5. The summed E-state index contributed by atoms with van der Waals surface area (Å²) in [7, 11) is 0. The topological polar surface area (TPSA) is 236 Å². The number of nitrogens with one attached hydrogen (secondary N) is 4. The largest absolute Gasteiger partial charge is 0.508 e. The lowest BCUT2D eigenvalue weighted by Gasteiger charge is -2.51. The standard InChI is InChI=1S/C57H85N5O11/c1-11-42-29-38(8)57(60-53(42)68)37(7)28-36(6)49(73-57)32-47(65)34(4)20-14-12-15-21-35(5)48-26-17-13-16-25-46(64)39(9)51(66)40(10)52(67)59-50(33(2)3)54(69)58-45(31-41-22-18-23-43(63)30-41)55(70)62-27-19-24-44(61-62)56(71)72-48/h12-13,15-18,21-23,25,28,30,33-34,36,38-40,42,44-51,61,63-66H,11,14,19-20,24,26-27,29,31-32H2,1-10H3,(H,58,69)(H,59,67)(H,60,68)/t34-,36+,38-,39-,40+,42-,44?,45-,46-,47-,48-,49-,50-,51+,57-/m0/s1. The van der Waals surface area contributed by atoms with Crippen LogP contribution < -0.4 is 21.4 Å². The number of aliphatic hydroxyl groups is 3. The van der Waals surface area contributed by atoms with E-state index in [1.54, 1.807) is 51.1 Å². The number of hydrazine groups is 1. The lowest BCUT2D eigenvalue weighted by molar-refractivity contribution is -0.179. The molecular formula is C57H85N5O11. The molecule has 0 aliphatic carbocycles. The molecule has 0 saturated carbocycles. The van der Waals surface area contributed by atoms with Crippen molar-refractivity contribution in [2.24, 2.45) is 41.4 Å². The maximum absolute atomic E-state index is 14.4. The molecule has 8 N–H and O–H groups in total. The van der Waals surface area contributed by atoms with Crippen LogP contribution in [-0.2, 0) is 39.9 Å². The van der Waals surface area contributed by atoms with Gasteiger partial charge in [-0.3, -0.25) is 29.0 Å². The van der Waals surface area contributed by atoms with Crippen LogP contribution in [0, 0.1) is 41.4 Å². The lowest BCUT2D eigenvalue weighted by atomic mass is 9.75. The molecule has 1 aromatic rings. The molecule has 15 atom stereocenters. The van der Waals surface area contributed by atoms with Crippen molar-refractivity contribution in [1.29, 1.82) is 0 Å². The monoisotopic (exact) mass is 1020 g/mol. The Hall–Kier alpha value is -5.13. The number of rotatable bonds is 12. The number of hydrogen-bond donors (Lipinski definition) is 8. The molecule has 2 saturated heterocycles. The number of carbonyl (C=O) groups is 5. The van der Waals surface area contributed by atoms with Gasteiger partial charge in [-0.2, -0.15) is 0 Å². The number of amides is 4. The van der Waals surface area contributed by atoms with E-state index in [4.69, 9.17) is 9.47 Å².